The fourth-order valence-corrected chi connectivity index (χ4v) is 7.51. The van der Waals surface area contributed by atoms with Gasteiger partial charge in [0.25, 0.3) is 0 Å². The molecule has 0 spiro atoms. The minimum Gasteiger partial charge on any atom is -0.312 e. The van der Waals surface area contributed by atoms with E-state index in [-0.39, 0.29) is 16.4 Å². The van der Waals surface area contributed by atoms with Gasteiger partial charge in [0, 0.05) is 11.1 Å². The van der Waals surface area contributed by atoms with Crippen molar-refractivity contribution in [3.05, 3.63) is 29.3 Å². The van der Waals surface area contributed by atoms with Gasteiger partial charge in [0.05, 0.1) is 21.7 Å². The Morgan fingerprint density at radius 2 is 1.83 bits per heavy atom. The van der Waals surface area contributed by atoms with E-state index in [1.54, 1.807) is 0 Å². The van der Waals surface area contributed by atoms with Gasteiger partial charge in [-0.2, -0.15) is 0 Å². The van der Waals surface area contributed by atoms with Crippen LogP contribution in [0.4, 0.5) is 0 Å². The van der Waals surface area contributed by atoms with E-state index in [9.17, 15) is 16.8 Å². The van der Waals surface area contributed by atoms with E-state index in [0.717, 1.165) is 6.42 Å². The predicted molar refractivity (Wildman–Crippen MR) is 92.3 cm³/mol. The number of sulfone groups is 2. The first-order chi connectivity index (χ1) is 10.6. The van der Waals surface area contributed by atoms with Crippen LogP contribution in [-0.4, -0.2) is 46.2 Å². The summed E-state index contributed by atoms with van der Waals surface area (Å²) in [5.41, 5.74) is 0. The Labute approximate surface area is 143 Å². The van der Waals surface area contributed by atoms with Crippen molar-refractivity contribution < 1.29 is 16.8 Å². The lowest BCUT2D eigenvalue weighted by Gasteiger charge is -2.20. The minimum absolute atomic E-state index is 0.111. The first-order valence-electron chi connectivity index (χ1n) is 7.55. The molecule has 1 aliphatic heterocycles. The molecule has 1 aromatic carbocycles. The molecule has 0 aromatic heterocycles. The Bertz CT molecular complexity index is 742. The third-order valence-corrected chi connectivity index (χ3v) is 8.39. The highest BCUT2D eigenvalue weighted by Gasteiger charge is 2.45. The molecule has 1 heterocycles. The van der Waals surface area contributed by atoms with Crippen LogP contribution >= 0.6 is 11.6 Å². The highest BCUT2D eigenvalue weighted by atomic mass is 35.5. The van der Waals surface area contributed by atoms with Gasteiger partial charge in [-0.15, -0.1) is 0 Å². The third-order valence-electron chi connectivity index (χ3n) is 3.97. The molecule has 0 amide bonds. The first kappa shape index (κ1) is 18.7. The number of benzene rings is 1. The molecule has 0 unspecified atom stereocenters. The van der Waals surface area contributed by atoms with Gasteiger partial charge < -0.3 is 5.32 Å². The third kappa shape index (κ3) is 4.68. The molecule has 0 bridgehead atoms. The quantitative estimate of drug-likeness (QED) is 0.816. The lowest BCUT2D eigenvalue weighted by atomic mass is 10.1. The molecule has 0 aliphatic carbocycles. The van der Waals surface area contributed by atoms with E-state index in [1.807, 2.05) is 0 Å². The fraction of sp³-hybridized carbons (Fsp3) is 0.600. The molecule has 1 aromatic rings. The molecule has 0 radical (unpaired) electrons. The highest BCUT2D eigenvalue weighted by Crippen LogP contribution is 2.27. The monoisotopic (exact) mass is 379 g/mol. The van der Waals surface area contributed by atoms with E-state index >= 15 is 0 Å². The average molecular weight is 380 g/mol. The van der Waals surface area contributed by atoms with Crippen LogP contribution in [0.2, 0.25) is 5.02 Å². The van der Waals surface area contributed by atoms with Crippen LogP contribution in [0.3, 0.4) is 0 Å². The molecule has 2 atom stereocenters. The van der Waals surface area contributed by atoms with Crippen molar-refractivity contribution in [2.24, 2.45) is 5.92 Å². The van der Waals surface area contributed by atoms with Gasteiger partial charge in [0.2, 0.25) is 0 Å². The van der Waals surface area contributed by atoms with Crippen molar-refractivity contribution in [1.82, 2.24) is 5.32 Å². The van der Waals surface area contributed by atoms with Crippen LogP contribution in [0.15, 0.2) is 29.2 Å². The summed E-state index contributed by atoms with van der Waals surface area (Å²) in [5, 5.41) is 2.60. The summed E-state index contributed by atoms with van der Waals surface area (Å²) in [4.78, 5) is 0.111. The largest absolute Gasteiger partial charge is 0.312 e. The summed E-state index contributed by atoms with van der Waals surface area (Å²) in [6, 6.07) is 5.28. The zero-order valence-corrected chi connectivity index (χ0v) is 15.6. The highest BCUT2D eigenvalue weighted by molar-refractivity contribution is 7.96. The van der Waals surface area contributed by atoms with E-state index in [4.69, 9.17) is 11.6 Å². The van der Waals surface area contributed by atoms with Gasteiger partial charge in [0.15, 0.2) is 19.7 Å². The predicted octanol–water partition coefficient (Wildman–Crippen LogP) is 1.92. The van der Waals surface area contributed by atoms with Crippen LogP contribution in [0.25, 0.3) is 0 Å². The molecule has 1 N–H and O–H groups in total. The van der Waals surface area contributed by atoms with Gasteiger partial charge in [-0.25, -0.2) is 16.8 Å². The lowest BCUT2D eigenvalue weighted by molar-refractivity contribution is 0.483. The standard InChI is InChI=1S/C15H22ClNO4S2/c1-11(2)7-8-17-14-9-22(18,19)10-15(14)23(20,21)13-5-3-12(16)4-6-13/h3-6,11,14-15,17H,7-10H2,1-2H3/t14-,15-/m1/s1. The van der Waals surface area contributed by atoms with Crippen molar-refractivity contribution in [1.29, 1.82) is 0 Å². The molecule has 5 nitrogen and oxygen atoms in total. The Hall–Kier alpha value is -0.630. The SMILES string of the molecule is CC(C)CCN[C@@H]1CS(=O)(=O)C[C@H]1S(=O)(=O)c1ccc(Cl)cc1. The Balaban J connectivity index is 2.24. The summed E-state index contributed by atoms with van der Waals surface area (Å²) in [6.45, 7) is 4.73. The molecule has 1 saturated heterocycles. The Morgan fingerprint density at radius 3 is 2.39 bits per heavy atom. The summed E-state index contributed by atoms with van der Waals surface area (Å²) < 4.78 is 49.5. The molecular weight excluding hydrogens is 358 g/mol. The van der Waals surface area contributed by atoms with Gasteiger partial charge in [-0.1, -0.05) is 25.4 Å². The van der Waals surface area contributed by atoms with Gasteiger partial charge >= 0.3 is 0 Å². The molecule has 1 aliphatic rings. The average Bonchev–Trinajstić information content (AvgIpc) is 2.75. The number of nitrogens with one attached hydrogen (secondary N) is 1. The number of rotatable bonds is 6. The summed E-state index contributed by atoms with van der Waals surface area (Å²) in [5.74, 6) is -0.00767. The van der Waals surface area contributed by atoms with Crippen LogP contribution in [0.1, 0.15) is 20.3 Å². The Kier molecular flexibility index (Phi) is 5.76. The molecular formula is C15H22ClNO4S2. The van der Waals surface area contributed by atoms with E-state index in [1.165, 1.54) is 24.3 Å². The molecule has 2 rings (SSSR count). The molecule has 8 heteroatoms. The van der Waals surface area contributed by atoms with E-state index in [0.29, 0.717) is 17.5 Å². The molecule has 0 saturated carbocycles. The second-order valence-corrected chi connectivity index (χ2v) is 11.1. The number of hydrogen-bond acceptors (Lipinski definition) is 5. The molecule has 23 heavy (non-hydrogen) atoms. The maximum Gasteiger partial charge on any atom is 0.183 e. The van der Waals surface area contributed by atoms with Crippen LogP contribution < -0.4 is 5.32 Å². The second-order valence-electron chi connectivity index (χ2n) is 6.36. The maximum absolute atomic E-state index is 12.8. The normalized spacial score (nSPS) is 24.2. The Morgan fingerprint density at radius 1 is 1.22 bits per heavy atom. The lowest BCUT2D eigenvalue weighted by Crippen LogP contribution is -2.43. The van der Waals surface area contributed by atoms with Crippen molar-refractivity contribution in [3.63, 3.8) is 0 Å². The molecule has 1 fully saturated rings. The topological polar surface area (TPSA) is 80.3 Å². The van der Waals surface area contributed by atoms with Crippen molar-refractivity contribution in [2.75, 3.05) is 18.1 Å². The second kappa shape index (κ2) is 7.09. The van der Waals surface area contributed by atoms with Gasteiger partial charge in [-0.3, -0.25) is 0 Å². The van der Waals surface area contributed by atoms with Crippen molar-refractivity contribution in [3.8, 4) is 0 Å². The van der Waals surface area contributed by atoms with Gasteiger partial charge in [0.1, 0.15) is 0 Å². The zero-order valence-electron chi connectivity index (χ0n) is 13.2. The fourth-order valence-electron chi connectivity index (χ4n) is 2.67. The van der Waals surface area contributed by atoms with E-state index < -0.39 is 31.0 Å². The van der Waals surface area contributed by atoms with E-state index in [2.05, 4.69) is 19.2 Å². The first-order valence-corrected chi connectivity index (χ1v) is 11.3. The summed E-state index contributed by atoms with van der Waals surface area (Å²) in [6.07, 6.45) is 0.865. The number of halogens is 1. The van der Waals surface area contributed by atoms with Crippen molar-refractivity contribution in [2.45, 2.75) is 36.5 Å². The smallest absolute Gasteiger partial charge is 0.183 e. The number of hydrogen-bond donors (Lipinski definition) is 1. The maximum atomic E-state index is 12.8. The van der Waals surface area contributed by atoms with Crippen LogP contribution in [0.5, 0.6) is 0 Å². The van der Waals surface area contributed by atoms with Crippen molar-refractivity contribution >= 4 is 31.3 Å². The van der Waals surface area contributed by atoms with Gasteiger partial charge in [-0.05, 0) is 43.1 Å². The molecule has 130 valence electrons. The van der Waals surface area contributed by atoms with Crippen LogP contribution in [-0.2, 0) is 19.7 Å². The summed E-state index contributed by atoms with van der Waals surface area (Å²) in [7, 11) is -7.09. The van der Waals surface area contributed by atoms with Crippen LogP contribution in [0, 0.1) is 5.92 Å². The zero-order chi connectivity index (χ0) is 17.3. The summed E-state index contributed by atoms with van der Waals surface area (Å²) >= 11 is 5.79. The minimum atomic E-state index is -3.73.